The molecule has 0 aliphatic carbocycles. The first-order valence-corrected chi connectivity index (χ1v) is 4.56. The second-order valence-corrected chi connectivity index (χ2v) is 3.83. The summed E-state index contributed by atoms with van der Waals surface area (Å²) in [5.41, 5.74) is 0. The summed E-state index contributed by atoms with van der Waals surface area (Å²) in [5, 5.41) is 2.80. The number of carbonyl (C=O) groups is 1. The molecule has 1 saturated heterocycles. The molecule has 0 unspecified atom stereocenters. The van der Waals surface area contributed by atoms with E-state index in [0.29, 0.717) is 5.92 Å². The Labute approximate surface area is 73.5 Å². The maximum atomic E-state index is 10.8. The molecule has 0 aromatic carbocycles. The van der Waals surface area contributed by atoms with Crippen LogP contribution in [0.3, 0.4) is 0 Å². The molecule has 1 rings (SSSR count). The van der Waals surface area contributed by atoms with Gasteiger partial charge in [0.1, 0.15) is 6.10 Å². The zero-order valence-electron chi connectivity index (χ0n) is 7.96. The number of alkyl carbamates (subject to hydrolysis) is 1. The van der Waals surface area contributed by atoms with Gasteiger partial charge >= 0.3 is 6.09 Å². The Bertz CT molecular complexity index is 168. The average molecular weight is 171 g/mol. The lowest BCUT2D eigenvalue weighted by atomic mass is 10.0. The van der Waals surface area contributed by atoms with E-state index in [0.717, 1.165) is 12.8 Å². The lowest BCUT2D eigenvalue weighted by molar-refractivity contribution is 0.139. The molecule has 1 amide bonds. The predicted octanol–water partition coefficient (Wildman–Crippen LogP) is 1.92. The molecule has 3 heteroatoms. The zero-order valence-corrected chi connectivity index (χ0v) is 7.96. The molecule has 3 nitrogen and oxygen atoms in total. The number of amides is 1. The Balaban J connectivity index is 2.28. The highest BCUT2D eigenvalue weighted by atomic mass is 16.6. The fraction of sp³-hybridized carbons (Fsp3) is 0.889. The third kappa shape index (κ3) is 2.40. The van der Waals surface area contributed by atoms with Crippen LogP contribution < -0.4 is 5.32 Å². The van der Waals surface area contributed by atoms with Gasteiger partial charge in [0.15, 0.2) is 0 Å². The highest BCUT2D eigenvalue weighted by Gasteiger charge is 2.29. The zero-order chi connectivity index (χ0) is 9.14. The van der Waals surface area contributed by atoms with Crippen LogP contribution in [-0.4, -0.2) is 18.2 Å². The van der Waals surface area contributed by atoms with E-state index in [2.05, 4.69) is 19.2 Å². The highest BCUT2D eigenvalue weighted by molar-refractivity contribution is 5.70. The van der Waals surface area contributed by atoms with E-state index in [-0.39, 0.29) is 18.2 Å². The van der Waals surface area contributed by atoms with Gasteiger partial charge in [-0.2, -0.15) is 0 Å². The molecule has 12 heavy (non-hydrogen) atoms. The summed E-state index contributed by atoms with van der Waals surface area (Å²) < 4.78 is 4.96. The van der Waals surface area contributed by atoms with E-state index in [1.807, 2.05) is 6.92 Å². The largest absolute Gasteiger partial charge is 0.444 e. The topological polar surface area (TPSA) is 38.3 Å². The first kappa shape index (κ1) is 9.36. The second kappa shape index (κ2) is 3.78. The van der Waals surface area contributed by atoms with Crippen molar-refractivity contribution in [2.75, 3.05) is 0 Å². The Morgan fingerprint density at radius 3 is 2.67 bits per heavy atom. The molecule has 1 aliphatic heterocycles. The van der Waals surface area contributed by atoms with Crippen molar-refractivity contribution in [1.29, 1.82) is 0 Å². The maximum absolute atomic E-state index is 10.8. The number of carbonyl (C=O) groups excluding carboxylic acids is 1. The molecule has 1 fully saturated rings. The van der Waals surface area contributed by atoms with Gasteiger partial charge in [0.2, 0.25) is 0 Å². The summed E-state index contributed by atoms with van der Waals surface area (Å²) in [6, 6.07) is 0.222. The van der Waals surface area contributed by atoms with E-state index in [1.54, 1.807) is 0 Å². The SMILES string of the molecule is CC(C)CC[C@@H]1NC(=O)O[C@H]1C. The summed E-state index contributed by atoms with van der Waals surface area (Å²) in [5.74, 6) is 0.690. The van der Waals surface area contributed by atoms with Crippen molar-refractivity contribution in [1.82, 2.24) is 5.32 Å². The van der Waals surface area contributed by atoms with Crippen LogP contribution in [0.4, 0.5) is 4.79 Å². The van der Waals surface area contributed by atoms with Crippen LogP contribution in [0.25, 0.3) is 0 Å². The van der Waals surface area contributed by atoms with Crippen LogP contribution >= 0.6 is 0 Å². The first-order valence-electron chi connectivity index (χ1n) is 4.56. The Kier molecular flexibility index (Phi) is 2.95. The number of hydrogen-bond donors (Lipinski definition) is 1. The minimum atomic E-state index is -0.267. The molecule has 1 heterocycles. The van der Waals surface area contributed by atoms with E-state index < -0.39 is 0 Å². The van der Waals surface area contributed by atoms with E-state index in [1.165, 1.54) is 0 Å². The van der Waals surface area contributed by atoms with Gasteiger partial charge < -0.3 is 10.1 Å². The van der Waals surface area contributed by atoms with Crippen LogP contribution in [0.2, 0.25) is 0 Å². The Hall–Kier alpha value is -0.730. The van der Waals surface area contributed by atoms with Gasteiger partial charge in [-0.25, -0.2) is 4.79 Å². The van der Waals surface area contributed by atoms with Crippen molar-refractivity contribution in [3.8, 4) is 0 Å². The van der Waals surface area contributed by atoms with Crippen molar-refractivity contribution >= 4 is 6.09 Å². The van der Waals surface area contributed by atoms with Gasteiger partial charge in [-0.05, 0) is 25.7 Å². The van der Waals surface area contributed by atoms with Crippen molar-refractivity contribution < 1.29 is 9.53 Å². The average Bonchev–Trinajstić information content (AvgIpc) is 2.26. The number of rotatable bonds is 3. The lowest BCUT2D eigenvalue weighted by Crippen LogP contribution is -2.30. The monoisotopic (exact) mass is 171 g/mol. The van der Waals surface area contributed by atoms with Crippen LogP contribution in [0.15, 0.2) is 0 Å². The van der Waals surface area contributed by atoms with Gasteiger partial charge in [0, 0.05) is 0 Å². The van der Waals surface area contributed by atoms with Crippen LogP contribution in [0, 0.1) is 5.92 Å². The smallest absolute Gasteiger partial charge is 0.407 e. The third-order valence-electron chi connectivity index (χ3n) is 2.22. The molecule has 1 N–H and O–H groups in total. The van der Waals surface area contributed by atoms with Crippen molar-refractivity contribution in [2.45, 2.75) is 45.8 Å². The molecular formula is C9H17NO2. The molecule has 0 bridgehead atoms. The highest BCUT2D eigenvalue weighted by Crippen LogP contribution is 2.15. The summed E-state index contributed by atoms with van der Waals surface area (Å²) in [6.45, 7) is 6.30. The molecule has 2 atom stereocenters. The minimum Gasteiger partial charge on any atom is -0.444 e. The summed E-state index contributed by atoms with van der Waals surface area (Å²) >= 11 is 0. The van der Waals surface area contributed by atoms with Gasteiger partial charge in [0.25, 0.3) is 0 Å². The predicted molar refractivity (Wildman–Crippen MR) is 46.9 cm³/mol. The number of nitrogens with one attached hydrogen (secondary N) is 1. The van der Waals surface area contributed by atoms with Crippen LogP contribution in [-0.2, 0) is 4.74 Å². The molecule has 0 spiro atoms. The standard InChI is InChI=1S/C9H17NO2/c1-6(2)4-5-8-7(3)12-9(11)10-8/h6-8H,4-5H2,1-3H3,(H,10,11)/t7-,8-/m0/s1. The molecule has 70 valence electrons. The molecule has 0 aromatic rings. The van der Waals surface area contributed by atoms with Crippen molar-refractivity contribution in [3.63, 3.8) is 0 Å². The minimum absolute atomic E-state index is 0.0382. The van der Waals surface area contributed by atoms with Crippen LogP contribution in [0.5, 0.6) is 0 Å². The number of hydrogen-bond acceptors (Lipinski definition) is 2. The third-order valence-corrected chi connectivity index (χ3v) is 2.22. The summed E-state index contributed by atoms with van der Waals surface area (Å²) in [4.78, 5) is 10.8. The fourth-order valence-electron chi connectivity index (χ4n) is 1.37. The van der Waals surface area contributed by atoms with Gasteiger partial charge in [-0.1, -0.05) is 13.8 Å². The van der Waals surface area contributed by atoms with E-state index >= 15 is 0 Å². The normalized spacial score (nSPS) is 28.8. The van der Waals surface area contributed by atoms with E-state index in [9.17, 15) is 4.79 Å². The van der Waals surface area contributed by atoms with Crippen LogP contribution in [0.1, 0.15) is 33.6 Å². The fourth-order valence-corrected chi connectivity index (χ4v) is 1.37. The Morgan fingerprint density at radius 2 is 2.25 bits per heavy atom. The van der Waals surface area contributed by atoms with Crippen molar-refractivity contribution in [2.24, 2.45) is 5.92 Å². The molecule has 0 radical (unpaired) electrons. The molecule has 1 aliphatic rings. The second-order valence-electron chi connectivity index (χ2n) is 3.83. The molecule has 0 aromatic heterocycles. The maximum Gasteiger partial charge on any atom is 0.407 e. The summed E-state index contributed by atoms with van der Waals surface area (Å²) in [7, 11) is 0. The quantitative estimate of drug-likeness (QED) is 0.704. The molecule has 0 saturated carbocycles. The van der Waals surface area contributed by atoms with Gasteiger partial charge in [-0.15, -0.1) is 0 Å². The lowest BCUT2D eigenvalue weighted by Gasteiger charge is -2.13. The van der Waals surface area contributed by atoms with E-state index in [4.69, 9.17) is 4.74 Å². The molecular weight excluding hydrogens is 154 g/mol. The first-order chi connectivity index (χ1) is 5.59. The summed E-state index contributed by atoms with van der Waals surface area (Å²) in [6.07, 6.45) is 1.93. The van der Waals surface area contributed by atoms with Gasteiger partial charge in [0.05, 0.1) is 6.04 Å². The Morgan fingerprint density at radius 1 is 1.58 bits per heavy atom. The van der Waals surface area contributed by atoms with Gasteiger partial charge in [-0.3, -0.25) is 0 Å². The number of cyclic esters (lactones) is 1. The number of ether oxygens (including phenoxy) is 1. The van der Waals surface area contributed by atoms with Crippen molar-refractivity contribution in [3.05, 3.63) is 0 Å².